The lowest BCUT2D eigenvalue weighted by Gasteiger charge is -2.24. The molecule has 0 bridgehead atoms. The summed E-state index contributed by atoms with van der Waals surface area (Å²) in [6.07, 6.45) is 1.49. The number of rotatable bonds is 7. The van der Waals surface area contributed by atoms with Crippen molar-refractivity contribution < 1.29 is 14.7 Å². The van der Waals surface area contributed by atoms with Crippen LogP contribution in [-0.4, -0.2) is 35.1 Å². The molecule has 0 saturated heterocycles. The molecule has 1 aromatic carbocycles. The van der Waals surface area contributed by atoms with Gasteiger partial charge in [0.05, 0.1) is 12.5 Å². The number of benzene rings is 1. The summed E-state index contributed by atoms with van der Waals surface area (Å²) >= 11 is 0. The predicted molar refractivity (Wildman–Crippen MR) is 77.4 cm³/mol. The molecule has 0 heterocycles. The third-order valence-electron chi connectivity index (χ3n) is 2.90. The molecule has 108 valence electrons. The summed E-state index contributed by atoms with van der Waals surface area (Å²) in [4.78, 5) is 24.6. The molecule has 0 saturated carbocycles. The van der Waals surface area contributed by atoms with E-state index in [0.717, 1.165) is 5.56 Å². The van der Waals surface area contributed by atoms with E-state index < -0.39 is 12.0 Å². The van der Waals surface area contributed by atoms with Crippen LogP contribution in [0.1, 0.15) is 24.9 Å². The number of nitrogens with one attached hydrogen (secondary N) is 1. The van der Waals surface area contributed by atoms with Crippen LogP contribution >= 0.6 is 0 Å². The average Bonchev–Trinajstić information content (AvgIpc) is 2.44. The van der Waals surface area contributed by atoms with Crippen LogP contribution < -0.4 is 5.32 Å². The topological polar surface area (TPSA) is 69.6 Å². The van der Waals surface area contributed by atoms with Crippen molar-refractivity contribution in [1.29, 1.82) is 0 Å². The maximum atomic E-state index is 12.1. The summed E-state index contributed by atoms with van der Waals surface area (Å²) in [5, 5.41) is 11.7. The van der Waals surface area contributed by atoms with E-state index in [1.54, 1.807) is 23.1 Å². The molecule has 5 nitrogen and oxygen atoms in total. The second kappa shape index (κ2) is 7.99. The first kappa shape index (κ1) is 15.8. The zero-order chi connectivity index (χ0) is 15.0. The van der Waals surface area contributed by atoms with Crippen molar-refractivity contribution in [1.82, 2.24) is 10.2 Å². The van der Waals surface area contributed by atoms with Gasteiger partial charge in [0.1, 0.15) is 0 Å². The van der Waals surface area contributed by atoms with Gasteiger partial charge < -0.3 is 15.3 Å². The third kappa shape index (κ3) is 4.76. The molecule has 0 aliphatic rings. The van der Waals surface area contributed by atoms with Crippen molar-refractivity contribution in [2.45, 2.75) is 19.4 Å². The van der Waals surface area contributed by atoms with Gasteiger partial charge in [0.25, 0.3) is 0 Å². The molecule has 0 spiro atoms. The number of carboxylic acids is 1. The van der Waals surface area contributed by atoms with E-state index in [4.69, 9.17) is 5.11 Å². The highest BCUT2D eigenvalue weighted by molar-refractivity contribution is 5.76. The van der Waals surface area contributed by atoms with Crippen molar-refractivity contribution in [3.05, 3.63) is 48.6 Å². The fourth-order valence-electron chi connectivity index (χ4n) is 1.86. The fourth-order valence-corrected chi connectivity index (χ4v) is 1.86. The number of carbonyl (C=O) groups excluding carboxylic acids is 1. The normalized spacial score (nSPS) is 11.4. The Labute approximate surface area is 118 Å². The Morgan fingerprint density at radius 3 is 2.55 bits per heavy atom. The van der Waals surface area contributed by atoms with Gasteiger partial charge in [-0.25, -0.2) is 4.79 Å². The first-order valence-electron chi connectivity index (χ1n) is 6.51. The van der Waals surface area contributed by atoms with Crippen LogP contribution in [0, 0.1) is 0 Å². The third-order valence-corrected chi connectivity index (χ3v) is 2.90. The number of likely N-dealkylation sites (N-methyl/N-ethyl adjacent to an activating group) is 1. The van der Waals surface area contributed by atoms with Crippen LogP contribution in [0.3, 0.4) is 0 Å². The van der Waals surface area contributed by atoms with Gasteiger partial charge in [-0.15, -0.1) is 6.58 Å². The van der Waals surface area contributed by atoms with Gasteiger partial charge >= 0.3 is 12.0 Å². The fraction of sp³-hybridized carbons (Fsp3) is 0.333. The van der Waals surface area contributed by atoms with Crippen LogP contribution in [0.5, 0.6) is 0 Å². The summed E-state index contributed by atoms with van der Waals surface area (Å²) in [6, 6.07) is 8.26. The highest BCUT2D eigenvalue weighted by Gasteiger charge is 2.20. The minimum atomic E-state index is -0.953. The van der Waals surface area contributed by atoms with Crippen molar-refractivity contribution in [3.8, 4) is 0 Å². The van der Waals surface area contributed by atoms with Crippen molar-refractivity contribution >= 4 is 12.0 Å². The molecular formula is C15H20N2O3. The molecule has 0 aromatic heterocycles. The largest absolute Gasteiger partial charge is 0.481 e. The molecule has 5 heteroatoms. The lowest BCUT2D eigenvalue weighted by molar-refractivity contribution is -0.137. The molecule has 1 atom stereocenters. The number of carbonyl (C=O) groups is 2. The molecule has 1 unspecified atom stereocenters. The standard InChI is InChI=1S/C15H20N2O3/c1-3-10-17(4-2)15(20)16-13(11-14(18)19)12-8-6-5-7-9-12/h3,5-9,13H,1,4,10-11H2,2H3,(H,16,20)(H,18,19). The van der Waals surface area contributed by atoms with E-state index in [1.807, 2.05) is 25.1 Å². The predicted octanol–water partition coefficient (Wildman–Crippen LogP) is 2.42. The SMILES string of the molecule is C=CCN(CC)C(=O)NC(CC(=O)O)c1ccccc1. The molecule has 2 amide bonds. The van der Waals surface area contributed by atoms with Crippen molar-refractivity contribution in [3.63, 3.8) is 0 Å². The zero-order valence-corrected chi connectivity index (χ0v) is 11.6. The summed E-state index contributed by atoms with van der Waals surface area (Å²) in [7, 11) is 0. The maximum absolute atomic E-state index is 12.1. The Hall–Kier alpha value is -2.30. The molecular weight excluding hydrogens is 256 g/mol. The summed E-state index contributed by atoms with van der Waals surface area (Å²) in [5.74, 6) is -0.953. The lowest BCUT2D eigenvalue weighted by atomic mass is 10.0. The number of carboxylic acid groups (broad SMARTS) is 1. The van der Waals surface area contributed by atoms with Gasteiger partial charge in [0.2, 0.25) is 0 Å². The van der Waals surface area contributed by atoms with E-state index in [2.05, 4.69) is 11.9 Å². The smallest absolute Gasteiger partial charge is 0.318 e. The van der Waals surface area contributed by atoms with E-state index in [9.17, 15) is 9.59 Å². The number of urea groups is 1. The Morgan fingerprint density at radius 2 is 2.05 bits per heavy atom. The maximum Gasteiger partial charge on any atom is 0.318 e. The minimum absolute atomic E-state index is 0.151. The van der Waals surface area contributed by atoms with Crippen LogP contribution in [0.4, 0.5) is 4.79 Å². The van der Waals surface area contributed by atoms with Crippen LogP contribution in [0.25, 0.3) is 0 Å². The molecule has 0 radical (unpaired) electrons. The molecule has 2 N–H and O–H groups in total. The first-order chi connectivity index (χ1) is 9.58. The number of aliphatic carboxylic acids is 1. The number of amides is 2. The Morgan fingerprint density at radius 1 is 1.40 bits per heavy atom. The highest BCUT2D eigenvalue weighted by Crippen LogP contribution is 2.16. The van der Waals surface area contributed by atoms with Gasteiger partial charge in [-0.05, 0) is 12.5 Å². The molecule has 0 aliphatic heterocycles. The minimum Gasteiger partial charge on any atom is -0.481 e. The second-order valence-corrected chi connectivity index (χ2v) is 4.34. The molecule has 1 rings (SSSR count). The van der Waals surface area contributed by atoms with Crippen molar-refractivity contribution in [2.24, 2.45) is 0 Å². The Bertz CT molecular complexity index is 459. The number of hydrogen-bond donors (Lipinski definition) is 2. The number of nitrogens with zero attached hydrogens (tertiary/aromatic N) is 1. The van der Waals surface area contributed by atoms with E-state index in [0.29, 0.717) is 13.1 Å². The molecule has 20 heavy (non-hydrogen) atoms. The highest BCUT2D eigenvalue weighted by atomic mass is 16.4. The van der Waals surface area contributed by atoms with Gasteiger partial charge in [0, 0.05) is 13.1 Å². The first-order valence-corrected chi connectivity index (χ1v) is 6.51. The second-order valence-electron chi connectivity index (χ2n) is 4.34. The van der Waals surface area contributed by atoms with E-state index >= 15 is 0 Å². The number of hydrogen-bond acceptors (Lipinski definition) is 2. The van der Waals surface area contributed by atoms with Crippen LogP contribution in [0.2, 0.25) is 0 Å². The van der Waals surface area contributed by atoms with Gasteiger partial charge in [-0.1, -0.05) is 36.4 Å². The molecule has 1 aromatic rings. The Balaban J connectivity index is 2.82. The quantitative estimate of drug-likeness (QED) is 0.751. The van der Waals surface area contributed by atoms with Gasteiger partial charge in [-0.3, -0.25) is 4.79 Å². The van der Waals surface area contributed by atoms with Crippen molar-refractivity contribution in [2.75, 3.05) is 13.1 Å². The summed E-state index contributed by atoms with van der Waals surface area (Å²) in [6.45, 7) is 6.42. The zero-order valence-electron chi connectivity index (χ0n) is 11.6. The average molecular weight is 276 g/mol. The van der Waals surface area contributed by atoms with Crippen LogP contribution in [0.15, 0.2) is 43.0 Å². The van der Waals surface area contributed by atoms with Gasteiger partial charge in [0.15, 0.2) is 0 Å². The molecule has 0 fully saturated rings. The van der Waals surface area contributed by atoms with Gasteiger partial charge in [-0.2, -0.15) is 0 Å². The summed E-state index contributed by atoms with van der Waals surface area (Å²) in [5.41, 5.74) is 0.776. The summed E-state index contributed by atoms with van der Waals surface area (Å²) < 4.78 is 0. The Kier molecular flexibility index (Phi) is 6.29. The monoisotopic (exact) mass is 276 g/mol. The lowest BCUT2D eigenvalue weighted by Crippen LogP contribution is -2.42. The molecule has 0 aliphatic carbocycles. The van der Waals surface area contributed by atoms with E-state index in [-0.39, 0.29) is 12.5 Å². The van der Waals surface area contributed by atoms with Crippen LogP contribution in [-0.2, 0) is 4.79 Å². The van der Waals surface area contributed by atoms with E-state index in [1.165, 1.54) is 0 Å².